The number of nitrogens with zero attached hydrogens (tertiary/aromatic N) is 1. The third kappa shape index (κ3) is 6.99. The summed E-state index contributed by atoms with van der Waals surface area (Å²) in [5, 5.41) is 0. The molecule has 0 aromatic rings. The molecule has 0 radical (unpaired) electrons. The van der Waals surface area contributed by atoms with Crippen LogP contribution >= 0.6 is 0 Å². The van der Waals surface area contributed by atoms with E-state index in [1.165, 1.54) is 63.4 Å². The smallest absolute Gasteiger partial charge is 0.135 e. The molecule has 0 saturated heterocycles. The van der Waals surface area contributed by atoms with Gasteiger partial charge < -0.3 is 0 Å². The quantitative estimate of drug-likeness (QED) is 0.212. The number of hydrogen-bond donors (Lipinski definition) is 0. The molecule has 0 aliphatic heterocycles. The van der Waals surface area contributed by atoms with Gasteiger partial charge in [-0.05, 0) is 99.8 Å². The lowest BCUT2D eigenvalue weighted by Crippen LogP contribution is -2.23. The van der Waals surface area contributed by atoms with Gasteiger partial charge in [-0.2, -0.15) is 0 Å². The summed E-state index contributed by atoms with van der Waals surface area (Å²) < 4.78 is 27.3. The highest BCUT2D eigenvalue weighted by Crippen LogP contribution is 2.41. The first-order valence-electron chi connectivity index (χ1n) is 13.0. The number of rotatable bonds is 7. The van der Waals surface area contributed by atoms with E-state index in [0.29, 0.717) is 5.92 Å². The minimum absolute atomic E-state index is 0.176. The standard InChI is InChI=1S/C29H43F2N/c1-4-23(27-17-18-28(30)29(31)19-27)12-9-21(3)24-7-6-8-25(16-15-24)26-13-10-22(11-14-26)20-32-5-2/h4-5,9,12,17,22,24-26,28-29H,3,6-8,10-11,13-16,18-20H2,1-2H3/b12-9-,23-4+,32-5?. The molecule has 2 fully saturated rings. The van der Waals surface area contributed by atoms with E-state index in [-0.39, 0.29) is 12.8 Å². The molecule has 178 valence electrons. The Labute approximate surface area is 194 Å². The molecule has 0 amide bonds. The van der Waals surface area contributed by atoms with Crippen molar-refractivity contribution in [2.45, 2.75) is 96.8 Å². The first-order chi connectivity index (χ1) is 15.5. The van der Waals surface area contributed by atoms with Gasteiger partial charge in [0.05, 0.1) is 0 Å². The molecule has 0 bridgehead atoms. The maximum atomic E-state index is 13.8. The largest absolute Gasteiger partial charge is 0.298 e. The van der Waals surface area contributed by atoms with E-state index in [0.717, 1.165) is 35.4 Å². The highest BCUT2D eigenvalue weighted by molar-refractivity contribution is 5.53. The van der Waals surface area contributed by atoms with Gasteiger partial charge in [0.25, 0.3) is 0 Å². The molecule has 4 unspecified atom stereocenters. The normalized spacial score (nSPS) is 35.1. The summed E-state index contributed by atoms with van der Waals surface area (Å²) in [6.07, 6.45) is 19.6. The lowest BCUT2D eigenvalue weighted by Gasteiger charge is -2.33. The van der Waals surface area contributed by atoms with Crippen LogP contribution in [0.4, 0.5) is 8.78 Å². The fourth-order valence-corrected chi connectivity index (χ4v) is 6.05. The van der Waals surface area contributed by atoms with Crippen LogP contribution in [0.1, 0.15) is 84.5 Å². The molecule has 0 aromatic carbocycles. The van der Waals surface area contributed by atoms with Crippen molar-refractivity contribution in [2.75, 3.05) is 6.54 Å². The van der Waals surface area contributed by atoms with Crippen molar-refractivity contribution in [3.63, 3.8) is 0 Å². The van der Waals surface area contributed by atoms with Crippen molar-refractivity contribution >= 4 is 6.21 Å². The van der Waals surface area contributed by atoms with E-state index < -0.39 is 12.3 Å². The fourth-order valence-electron chi connectivity index (χ4n) is 6.05. The summed E-state index contributed by atoms with van der Waals surface area (Å²) in [5.41, 5.74) is 3.14. The lowest BCUT2D eigenvalue weighted by atomic mass is 9.73. The Morgan fingerprint density at radius 1 is 0.969 bits per heavy atom. The Morgan fingerprint density at radius 2 is 1.69 bits per heavy atom. The molecule has 3 rings (SSSR count). The Morgan fingerprint density at radius 3 is 2.38 bits per heavy atom. The highest BCUT2D eigenvalue weighted by Gasteiger charge is 2.30. The number of halogens is 2. The second-order valence-electron chi connectivity index (χ2n) is 10.2. The van der Waals surface area contributed by atoms with Crippen molar-refractivity contribution < 1.29 is 8.78 Å². The summed E-state index contributed by atoms with van der Waals surface area (Å²) in [5.74, 6) is 3.13. The summed E-state index contributed by atoms with van der Waals surface area (Å²) in [6.45, 7) is 9.40. The van der Waals surface area contributed by atoms with E-state index in [1.54, 1.807) is 0 Å². The Bertz CT molecular complexity index is 723. The Balaban J connectivity index is 1.49. The molecule has 3 heteroatoms. The molecule has 4 atom stereocenters. The van der Waals surface area contributed by atoms with Crippen molar-refractivity contribution in [1.29, 1.82) is 0 Å². The fraction of sp³-hybridized carbons (Fsp3) is 0.690. The number of aliphatic imine (C=N–C) groups is 1. The van der Waals surface area contributed by atoms with Crippen molar-refractivity contribution in [2.24, 2.45) is 28.7 Å². The zero-order valence-electron chi connectivity index (χ0n) is 20.2. The van der Waals surface area contributed by atoms with Gasteiger partial charge in [0.2, 0.25) is 0 Å². The summed E-state index contributed by atoms with van der Waals surface area (Å²) in [4.78, 5) is 4.47. The van der Waals surface area contributed by atoms with Gasteiger partial charge >= 0.3 is 0 Å². The molecule has 0 aromatic heterocycles. The SMILES string of the molecule is C=C(/C=C\C(=C/C)C1=CCC(F)C(F)C1)C1CCCC(C2CCC(CN=CC)CC2)CC1. The van der Waals surface area contributed by atoms with Gasteiger partial charge in [-0.15, -0.1) is 0 Å². The van der Waals surface area contributed by atoms with Gasteiger partial charge in [-0.25, -0.2) is 8.78 Å². The molecule has 32 heavy (non-hydrogen) atoms. The zero-order valence-corrected chi connectivity index (χ0v) is 20.2. The molecule has 3 aliphatic rings. The average molecular weight is 444 g/mol. The van der Waals surface area contributed by atoms with Crippen molar-refractivity contribution in [1.82, 2.24) is 0 Å². The molecular formula is C29H43F2N. The van der Waals surface area contributed by atoms with Crippen LogP contribution in [0, 0.1) is 23.7 Å². The predicted molar refractivity (Wildman–Crippen MR) is 134 cm³/mol. The van der Waals surface area contributed by atoms with Crippen LogP contribution in [-0.4, -0.2) is 25.1 Å². The molecule has 0 N–H and O–H groups in total. The Hall–Kier alpha value is -1.51. The monoisotopic (exact) mass is 443 g/mol. The van der Waals surface area contributed by atoms with Crippen LogP contribution in [0.15, 0.2) is 52.6 Å². The van der Waals surface area contributed by atoms with Gasteiger partial charge in [0.1, 0.15) is 12.3 Å². The van der Waals surface area contributed by atoms with Gasteiger partial charge in [0, 0.05) is 19.4 Å². The third-order valence-corrected chi connectivity index (χ3v) is 8.20. The second-order valence-corrected chi connectivity index (χ2v) is 10.2. The van der Waals surface area contributed by atoms with E-state index in [4.69, 9.17) is 0 Å². The zero-order chi connectivity index (χ0) is 22.9. The maximum absolute atomic E-state index is 13.8. The van der Waals surface area contributed by atoms with E-state index in [2.05, 4.69) is 23.7 Å². The first-order valence-corrected chi connectivity index (χ1v) is 13.0. The second kappa shape index (κ2) is 12.7. The third-order valence-electron chi connectivity index (χ3n) is 8.20. The highest BCUT2D eigenvalue weighted by atomic mass is 19.2. The summed E-state index contributed by atoms with van der Waals surface area (Å²) >= 11 is 0. The maximum Gasteiger partial charge on any atom is 0.135 e. The van der Waals surface area contributed by atoms with Crippen LogP contribution in [0.25, 0.3) is 0 Å². The molecule has 1 nitrogen and oxygen atoms in total. The number of allylic oxidation sites excluding steroid dienone is 7. The van der Waals surface area contributed by atoms with Crippen LogP contribution in [0.5, 0.6) is 0 Å². The van der Waals surface area contributed by atoms with Crippen LogP contribution in [-0.2, 0) is 0 Å². The van der Waals surface area contributed by atoms with Crippen LogP contribution < -0.4 is 0 Å². The van der Waals surface area contributed by atoms with Gasteiger partial charge in [0.15, 0.2) is 0 Å². The molecular weight excluding hydrogens is 400 g/mol. The first kappa shape index (κ1) is 25.1. The van der Waals surface area contributed by atoms with E-state index in [9.17, 15) is 8.78 Å². The minimum Gasteiger partial charge on any atom is -0.298 e. The predicted octanol–water partition coefficient (Wildman–Crippen LogP) is 8.54. The Kier molecular flexibility index (Phi) is 9.93. The molecule has 0 heterocycles. The van der Waals surface area contributed by atoms with E-state index in [1.807, 2.05) is 32.2 Å². The number of hydrogen-bond acceptors (Lipinski definition) is 1. The van der Waals surface area contributed by atoms with Gasteiger partial charge in [-0.1, -0.05) is 49.3 Å². The topological polar surface area (TPSA) is 12.4 Å². The van der Waals surface area contributed by atoms with E-state index >= 15 is 0 Å². The summed E-state index contributed by atoms with van der Waals surface area (Å²) in [7, 11) is 0. The lowest BCUT2D eigenvalue weighted by molar-refractivity contribution is 0.161. The van der Waals surface area contributed by atoms with Crippen LogP contribution in [0.3, 0.4) is 0 Å². The molecule has 0 spiro atoms. The van der Waals surface area contributed by atoms with Crippen molar-refractivity contribution in [3.05, 3.63) is 47.6 Å². The van der Waals surface area contributed by atoms with Gasteiger partial charge in [-0.3, -0.25) is 4.99 Å². The minimum atomic E-state index is -1.38. The van der Waals surface area contributed by atoms with Crippen LogP contribution in [0.2, 0.25) is 0 Å². The number of alkyl halides is 2. The van der Waals surface area contributed by atoms with Crippen molar-refractivity contribution in [3.8, 4) is 0 Å². The average Bonchev–Trinajstić information content (AvgIpc) is 3.07. The molecule has 3 aliphatic carbocycles. The molecule has 2 saturated carbocycles. The summed E-state index contributed by atoms with van der Waals surface area (Å²) in [6, 6.07) is 0.